The smallest absolute Gasteiger partial charge is 0.156 e. The van der Waals surface area contributed by atoms with E-state index in [0.717, 1.165) is 77.0 Å². The van der Waals surface area contributed by atoms with E-state index in [2.05, 4.69) is 43.1 Å². The lowest BCUT2D eigenvalue weighted by molar-refractivity contribution is -0.125. The molecule has 0 amide bonds. The molecular weight excluding hydrogens is 470 g/mol. The first-order chi connectivity index (χ1) is 18.3. The number of rotatable bonds is 10. The van der Waals surface area contributed by atoms with Crippen LogP contribution in [-0.2, 0) is 14.4 Å². The van der Waals surface area contributed by atoms with Crippen LogP contribution in [0.5, 0.6) is 0 Å². The predicted molar refractivity (Wildman–Crippen MR) is 153 cm³/mol. The number of aldehydes is 1. The van der Waals surface area contributed by atoms with E-state index in [0.29, 0.717) is 36.4 Å². The van der Waals surface area contributed by atoms with E-state index in [1.54, 1.807) is 5.57 Å². The normalized spacial score (nSPS) is 30.3. The minimum atomic E-state index is 0.0518. The minimum Gasteiger partial charge on any atom is -0.375 e. The lowest BCUT2D eigenvalue weighted by Gasteiger charge is -2.52. The highest BCUT2D eigenvalue weighted by molar-refractivity contribution is 5.93. The molecule has 4 heteroatoms. The van der Waals surface area contributed by atoms with Gasteiger partial charge in [-0.3, -0.25) is 9.59 Å². The van der Waals surface area contributed by atoms with Gasteiger partial charge in [0.1, 0.15) is 12.1 Å². The van der Waals surface area contributed by atoms with Crippen molar-refractivity contribution >= 4 is 23.5 Å². The fourth-order valence-electron chi connectivity index (χ4n) is 8.65. The van der Waals surface area contributed by atoms with Gasteiger partial charge in [0.05, 0.1) is 0 Å². The molecule has 0 N–H and O–H groups in total. The summed E-state index contributed by atoms with van der Waals surface area (Å²) in [5.74, 6) is 2.26. The molecule has 4 nitrogen and oxygen atoms in total. The molecule has 2 fully saturated rings. The van der Waals surface area contributed by atoms with Crippen LogP contribution >= 0.6 is 0 Å². The number of carbonyl (C=O) groups excluding carboxylic acids is 3. The van der Waals surface area contributed by atoms with Gasteiger partial charge in [0.15, 0.2) is 5.78 Å². The van der Waals surface area contributed by atoms with E-state index < -0.39 is 0 Å². The summed E-state index contributed by atoms with van der Waals surface area (Å²) in [4.78, 5) is 37.9. The summed E-state index contributed by atoms with van der Waals surface area (Å²) < 4.78 is 0. The number of carbonyl (C=O) groups is 3. The standard InChI is InChI=1S/C34H45NO3/c1-23(37)31-17-18-32-29-15-11-25-21-27(38)14-16-28(25)33(29)30(22-34(31,32)2)24-9-12-26(13-10-24)35(3)19-7-5-4-6-8-20-36/h9-10,12-13,20-21,29-32H,4-8,11,14-19,22H2,1-3H3. The van der Waals surface area contributed by atoms with Crippen LogP contribution in [0.4, 0.5) is 5.69 Å². The highest BCUT2D eigenvalue weighted by Gasteiger charge is 2.57. The average Bonchev–Trinajstić information content (AvgIpc) is 3.27. The van der Waals surface area contributed by atoms with Crippen molar-refractivity contribution in [1.29, 1.82) is 0 Å². The first-order valence-electron chi connectivity index (χ1n) is 15.1. The van der Waals surface area contributed by atoms with E-state index in [4.69, 9.17) is 0 Å². The van der Waals surface area contributed by atoms with E-state index >= 15 is 0 Å². The summed E-state index contributed by atoms with van der Waals surface area (Å²) in [6.07, 6.45) is 14.9. The molecule has 5 rings (SSSR count). The number of anilines is 1. The zero-order valence-corrected chi connectivity index (χ0v) is 23.6. The van der Waals surface area contributed by atoms with E-state index in [-0.39, 0.29) is 17.1 Å². The molecule has 0 heterocycles. The SMILES string of the molecule is CC(=O)C1CCC2C3CCC4=CC(=O)CCC4=C3C(c3ccc(N(C)CCCCCCC=O)cc3)CC12C. The number of ketones is 2. The Kier molecular flexibility index (Phi) is 8.07. The van der Waals surface area contributed by atoms with Gasteiger partial charge >= 0.3 is 0 Å². The Morgan fingerprint density at radius 1 is 1.03 bits per heavy atom. The second-order valence-electron chi connectivity index (χ2n) is 12.7. The lowest BCUT2D eigenvalue weighted by atomic mass is 9.51. The number of nitrogens with zero attached hydrogens (tertiary/aromatic N) is 1. The van der Waals surface area contributed by atoms with Crippen molar-refractivity contribution in [2.45, 2.75) is 96.8 Å². The molecule has 5 unspecified atom stereocenters. The number of benzene rings is 1. The highest BCUT2D eigenvalue weighted by Crippen LogP contribution is 2.65. The van der Waals surface area contributed by atoms with Crippen LogP contribution in [0.3, 0.4) is 0 Å². The summed E-state index contributed by atoms with van der Waals surface area (Å²) in [6, 6.07) is 9.21. The molecule has 0 radical (unpaired) electrons. The average molecular weight is 516 g/mol. The van der Waals surface area contributed by atoms with Crippen molar-refractivity contribution in [3.8, 4) is 0 Å². The van der Waals surface area contributed by atoms with E-state index in [1.807, 2.05) is 13.0 Å². The Morgan fingerprint density at radius 2 is 1.79 bits per heavy atom. The summed E-state index contributed by atoms with van der Waals surface area (Å²) >= 11 is 0. The fraction of sp³-hybridized carbons (Fsp3) is 0.618. The molecule has 0 aromatic heterocycles. The number of hydrogen-bond donors (Lipinski definition) is 0. The third kappa shape index (κ3) is 5.08. The summed E-state index contributed by atoms with van der Waals surface area (Å²) in [5, 5.41) is 0. The van der Waals surface area contributed by atoms with Crippen LogP contribution in [0.1, 0.15) is 102 Å². The molecule has 4 aliphatic rings. The molecule has 5 atom stereocenters. The van der Waals surface area contributed by atoms with Gasteiger partial charge in [0.2, 0.25) is 0 Å². The van der Waals surface area contributed by atoms with Crippen molar-refractivity contribution in [2.24, 2.45) is 23.2 Å². The van der Waals surface area contributed by atoms with Gasteiger partial charge in [-0.05, 0) is 110 Å². The van der Waals surface area contributed by atoms with Crippen LogP contribution in [0.25, 0.3) is 0 Å². The van der Waals surface area contributed by atoms with Crippen molar-refractivity contribution in [3.63, 3.8) is 0 Å². The summed E-state index contributed by atoms with van der Waals surface area (Å²) in [5.41, 5.74) is 7.05. The molecule has 4 aliphatic carbocycles. The number of unbranched alkanes of at least 4 members (excludes halogenated alkanes) is 4. The number of fused-ring (bicyclic) bond motifs is 4. The van der Waals surface area contributed by atoms with Gasteiger partial charge in [0, 0.05) is 44.0 Å². The summed E-state index contributed by atoms with van der Waals surface area (Å²) in [6.45, 7) is 5.24. The molecule has 38 heavy (non-hydrogen) atoms. The molecule has 0 spiro atoms. The zero-order chi connectivity index (χ0) is 26.9. The molecular formula is C34H45NO3. The highest BCUT2D eigenvalue weighted by atomic mass is 16.1. The largest absolute Gasteiger partial charge is 0.375 e. The van der Waals surface area contributed by atoms with E-state index in [9.17, 15) is 14.4 Å². The molecule has 204 valence electrons. The maximum absolute atomic E-state index is 12.8. The lowest BCUT2D eigenvalue weighted by Crippen LogP contribution is -2.44. The van der Waals surface area contributed by atoms with Gasteiger partial charge in [0.25, 0.3) is 0 Å². The first kappa shape index (κ1) is 27.1. The van der Waals surface area contributed by atoms with Gasteiger partial charge in [-0.1, -0.05) is 37.5 Å². The number of hydrogen-bond acceptors (Lipinski definition) is 4. The minimum absolute atomic E-state index is 0.0518. The fourth-order valence-corrected chi connectivity index (χ4v) is 8.65. The van der Waals surface area contributed by atoms with Gasteiger partial charge < -0.3 is 9.69 Å². The van der Waals surface area contributed by atoms with Crippen molar-refractivity contribution in [2.75, 3.05) is 18.5 Å². The Bertz CT molecular complexity index is 1130. The van der Waals surface area contributed by atoms with Crippen LogP contribution in [0, 0.1) is 23.2 Å². The summed E-state index contributed by atoms with van der Waals surface area (Å²) in [7, 11) is 2.17. The predicted octanol–water partition coefficient (Wildman–Crippen LogP) is 7.38. The van der Waals surface area contributed by atoms with Crippen LogP contribution < -0.4 is 4.90 Å². The van der Waals surface area contributed by atoms with Gasteiger partial charge in [-0.2, -0.15) is 0 Å². The Morgan fingerprint density at radius 3 is 2.53 bits per heavy atom. The molecule has 0 bridgehead atoms. The quantitative estimate of drug-likeness (QED) is 0.241. The topological polar surface area (TPSA) is 54.5 Å². The van der Waals surface area contributed by atoms with Gasteiger partial charge in [-0.15, -0.1) is 0 Å². The molecule has 1 aromatic rings. The Balaban J connectivity index is 1.41. The first-order valence-corrected chi connectivity index (χ1v) is 15.1. The van der Waals surface area contributed by atoms with Crippen molar-refractivity contribution in [1.82, 2.24) is 0 Å². The number of Topliss-reactive ketones (excluding diaryl/α,β-unsaturated/α-hetero) is 1. The molecule has 0 aliphatic heterocycles. The maximum atomic E-state index is 12.8. The third-order valence-electron chi connectivity index (χ3n) is 10.5. The third-order valence-corrected chi connectivity index (χ3v) is 10.5. The van der Waals surface area contributed by atoms with Crippen LogP contribution in [0.2, 0.25) is 0 Å². The molecule has 1 aromatic carbocycles. The monoisotopic (exact) mass is 515 g/mol. The van der Waals surface area contributed by atoms with Gasteiger partial charge in [-0.25, -0.2) is 0 Å². The van der Waals surface area contributed by atoms with Crippen molar-refractivity contribution < 1.29 is 14.4 Å². The Labute approximate surface area is 228 Å². The number of allylic oxidation sites excluding steroid dienone is 4. The van der Waals surface area contributed by atoms with E-state index in [1.165, 1.54) is 22.4 Å². The maximum Gasteiger partial charge on any atom is 0.156 e. The zero-order valence-electron chi connectivity index (χ0n) is 23.6. The van der Waals surface area contributed by atoms with Crippen LogP contribution in [0.15, 0.2) is 47.1 Å². The second kappa shape index (κ2) is 11.3. The molecule has 2 saturated carbocycles. The molecule has 0 saturated heterocycles. The Hall–Kier alpha value is -2.49. The van der Waals surface area contributed by atoms with Crippen LogP contribution in [-0.4, -0.2) is 31.4 Å². The van der Waals surface area contributed by atoms with Crippen molar-refractivity contribution in [3.05, 3.63) is 52.6 Å². The second-order valence-corrected chi connectivity index (χ2v) is 12.7.